The molecule has 0 saturated carbocycles. The molecule has 35 heavy (non-hydrogen) atoms. The third kappa shape index (κ3) is 5.38. The van der Waals surface area contributed by atoms with Gasteiger partial charge in [-0.2, -0.15) is 0 Å². The molecule has 1 saturated heterocycles. The number of halogens is 1. The van der Waals surface area contributed by atoms with Crippen molar-refractivity contribution >= 4 is 23.4 Å². The van der Waals surface area contributed by atoms with Crippen LogP contribution in [0, 0.1) is 5.82 Å². The van der Waals surface area contributed by atoms with Gasteiger partial charge in [0.05, 0.1) is 18.0 Å². The lowest BCUT2D eigenvalue weighted by Gasteiger charge is -2.36. The van der Waals surface area contributed by atoms with Gasteiger partial charge in [0, 0.05) is 31.7 Å². The van der Waals surface area contributed by atoms with Crippen LogP contribution in [-0.4, -0.2) is 57.5 Å². The van der Waals surface area contributed by atoms with Gasteiger partial charge in [0.1, 0.15) is 5.82 Å². The first-order valence-electron chi connectivity index (χ1n) is 11.6. The second kappa shape index (κ2) is 10.7. The summed E-state index contributed by atoms with van der Waals surface area (Å²) in [6.45, 7) is 2.98. The highest BCUT2D eigenvalue weighted by Crippen LogP contribution is 2.26. The van der Waals surface area contributed by atoms with Gasteiger partial charge < -0.3 is 9.80 Å². The molecule has 178 valence electrons. The molecular formula is C27H26FN5OS. The quantitative estimate of drug-likeness (QED) is 0.358. The summed E-state index contributed by atoms with van der Waals surface area (Å²) in [5.41, 5.74) is 2.72. The van der Waals surface area contributed by atoms with Crippen LogP contribution < -0.4 is 4.90 Å². The molecule has 0 spiro atoms. The SMILES string of the molecule is O=C(CSc1nnc(-c2ccccc2)n1Cc1ccccc1)N1CCN(c2ccccc2F)CC1. The molecule has 0 unspecified atom stereocenters. The van der Waals surface area contributed by atoms with Crippen molar-refractivity contribution in [3.8, 4) is 11.4 Å². The molecule has 0 radical (unpaired) electrons. The molecule has 6 nitrogen and oxygen atoms in total. The topological polar surface area (TPSA) is 54.3 Å². The van der Waals surface area contributed by atoms with Crippen LogP contribution in [-0.2, 0) is 11.3 Å². The standard InChI is InChI=1S/C27H26FN5OS/c28-23-13-7-8-14-24(23)31-15-17-32(18-16-31)25(34)20-35-27-30-29-26(22-11-5-2-6-12-22)33(27)19-21-9-3-1-4-10-21/h1-14H,15-20H2. The fraction of sp³-hybridized carbons (Fsp3) is 0.222. The number of anilines is 1. The molecule has 0 N–H and O–H groups in total. The number of amides is 1. The molecule has 0 aliphatic carbocycles. The molecule has 8 heteroatoms. The number of carbonyl (C=O) groups is 1. The van der Waals surface area contributed by atoms with Crippen LogP contribution in [0.15, 0.2) is 90.1 Å². The predicted octanol–water partition coefficient (Wildman–Crippen LogP) is 4.57. The maximum atomic E-state index is 14.1. The maximum absolute atomic E-state index is 14.1. The van der Waals surface area contributed by atoms with Gasteiger partial charge in [-0.15, -0.1) is 10.2 Å². The zero-order valence-corrected chi connectivity index (χ0v) is 20.1. The summed E-state index contributed by atoms with van der Waals surface area (Å²) in [6, 6.07) is 26.9. The average Bonchev–Trinajstić information content (AvgIpc) is 3.31. The summed E-state index contributed by atoms with van der Waals surface area (Å²) < 4.78 is 16.2. The lowest BCUT2D eigenvalue weighted by atomic mass is 10.2. The number of thioether (sulfide) groups is 1. The second-order valence-corrected chi connectivity index (χ2v) is 9.29. The van der Waals surface area contributed by atoms with E-state index in [4.69, 9.17) is 0 Å². The summed E-state index contributed by atoms with van der Waals surface area (Å²) >= 11 is 1.41. The van der Waals surface area contributed by atoms with E-state index in [1.165, 1.54) is 17.8 Å². The van der Waals surface area contributed by atoms with E-state index in [9.17, 15) is 9.18 Å². The molecule has 1 amide bonds. The van der Waals surface area contributed by atoms with Gasteiger partial charge in [0.15, 0.2) is 11.0 Å². The number of para-hydroxylation sites is 1. The Morgan fingerprint density at radius 3 is 2.20 bits per heavy atom. The van der Waals surface area contributed by atoms with Crippen molar-refractivity contribution in [2.24, 2.45) is 0 Å². The summed E-state index contributed by atoms with van der Waals surface area (Å²) in [5, 5.41) is 9.59. The van der Waals surface area contributed by atoms with E-state index in [0.29, 0.717) is 43.6 Å². The molecule has 0 atom stereocenters. The normalized spacial score (nSPS) is 13.7. The number of nitrogens with zero attached hydrogens (tertiary/aromatic N) is 5. The second-order valence-electron chi connectivity index (χ2n) is 8.35. The Balaban J connectivity index is 1.26. The molecule has 1 fully saturated rings. The third-order valence-corrected chi connectivity index (χ3v) is 7.03. The van der Waals surface area contributed by atoms with Crippen molar-refractivity contribution in [3.63, 3.8) is 0 Å². The highest BCUT2D eigenvalue weighted by Gasteiger charge is 2.24. The van der Waals surface area contributed by atoms with Gasteiger partial charge in [0.2, 0.25) is 5.91 Å². The lowest BCUT2D eigenvalue weighted by Crippen LogP contribution is -2.49. The molecule has 2 heterocycles. The van der Waals surface area contributed by atoms with Gasteiger partial charge in [-0.25, -0.2) is 4.39 Å². The van der Waals surface area contributed by atoms with Crippen molar-refractivity contribution in [2.75, 3.05) is 36.8 Å². The number of benzene rings is 3. The molecule has 1 aliphatic heterocycles. The molecule has 5 rings (SSSR count). The summed E-state index contributed by atoms with van der Waals surface area (Å²) in [4.78, 5) is 16.8. The van der Waals surface area contributed by atoms with Gasteiger partial charge in [-0.3, -0.25) is 9.36 Å². The zero-order valence-electron chi connectivity index (χ0n) is 19.3. The Hall–Kier alpha value is -3.65. The van der Waals surface area contributed by atoms with Crippen LogP contribution in [0.2, 0.25) is 0 Å². The van der Waals surface area contributed by atoms with Crippen LogP contribution in [0.4, 0.5) is 10.1 Å². The minimum atomic E-state index is -0.227. The van der Waals surface area contributed by atoms with Gasteiger partial charge in [-0.1, -0.05) is 84.6 Å². The highest BCUT2D eigenvalue weighted by atomic mass is 32.2. The Morgan fingerprint density at radius 2 is 1.49 bits per heavy atom. The third-order valence-electron chi connectivity index (χ3n) is 6.08. The minimum Gasteiger partial charge on any atom is -0.366 e. The van der Waals surface area contributed by atoms with Crippen LogP contribution in [0.3, 0.4) is 0 Å². The van der Waals surface area contributed by atoms with Crippen LogP contribution in [0.1, 0.15) is 5.56 Å². The number of hydrogen-bond acceptors (Lipinski definition) is 5. The van der Waals surface area contributed by atoms with E-state index in [2.05, 4.69) is 26.9 Å². The van der Waals surface area contributed by atoms with E-state index in [0.717, 1.165) is 17.0 Å². The average molecular weight is 488 g/mol. The summed E-state index contributed by atoms with van der Waals surface area (Å²) in [5.74, 6) is 0.887. The number of rotatable bonds is 7. The Labute approximate surface area is 208 Å². The van der Waals surface area contributed by atoms with Crippen molar-refractivity contribution in [2.45, 2.75) is 11.7 Å². The van der Waals surface area contributed by atoms with Crippen LogP contribution in [0.25, 0.3) is 11.4 Å². The van der Waals surface area contributed by atoms with Crippen LogP contribution in [0.5, 0.6) is 0 Å². The molecule has 0 bridgehead atoms. The first-order valence-corrected chi connectivity index (χ1v) is 12.6. The molecular weight excluding hydrogens is 461 g/mol. The smallest absolute Gasteiger partial charge is 0.233 e. The Kier molecular flexibility index (Phi) is 7.09. The molecule has 1 aliphatic rings. The summed E-state index contributed by atoms with van der Waals surface area (Å²) in [7, 11) is 0. The fourth-order valence-electron chi connectivity index (χ4n) is 4.23. The maximum Gasteiger partial charge on any atom is 0.233 e. The number of piperazine rings is 1. The molecule has 4 aromatic rings. The number of hydrogen-bond donors (Lipinski definition) is 0. The van der Waals surface area contributed by atoms with E-state index in [1.807, 2.05) is 64.4 Å². The first-order chi connectivity index (χ1) is 17.2. The minimum absolute atomic E-state index is 0.0544. The largest absolute Gasteiger partial charge is 0.366 e. The fourth-order valence-corrected chi connectivity index (χ4v) is 5.07. The molecule has 3 aromatic carbocycles. The van der Waals surface area contributed by atoms with Gasteiger partial charge >= 0.3 is 0 Å². The van der Waals surface area contributed by atoms with Crippen molar-refractivity contribution in [1.29, 1.82) is 0 Å². The van der Waals surface area contributed by atoms with Crippen LogP contribution >= 0.6 is 11.8 Å². The number of carbonyl (C=O) groups excluding carboxylic acids is 1. The van der Waals surface area contributed by atoms with E-state index in [1.54, 1.807) is 12.1 Å². The van der Waals surface area contributed by atoms with Crippen molar-refractivity contribution in [1.82, 2.24) is 19.7 Å². The predicted molar refractivity (Wildman–Crippen MR) is 137 cm³/mol. The lowest BCUT2D eigenvalue weighted by molar-refractivity contribution is -0.128. The zero-order chi connectivity index (χ0) is 24.0. The van der Waals surface area contributed by atoms with Crippen molar-refractivity contribution < 1.29 is 9.18 Å². The number of aromatic nitrogens is 3. The van der Waals surface area contributed by atoms with E-state index < -0.39 is 0 Å². The monoisotopic (exact) mass is 487 g/mol. The first kappa shape index (κ1) is 23.1. The van der Waals surface area contributed by atoms with Gasteiger partial charge in [0.25, 0.3) is 0 Å². The highest BCUT2D eigenvalue weighted by molar-refractivity contribution is 7.99. The van der Waals surface area contributed by atoms with Crippen molar-refractivity contribution in [3.05, 3.63) is 96.3 Å². The van der Waals surface area contributed by atoms with E-state index in [-0.39, 0.29) is 17.5 Å². The summed E-state index contributed by atoms with van der Waals surface area (Å²) in [6.07, 6.45) is 0. The molecule has 1 aromatic heterocycles. The Morgan fingerprint density at radius 1 is 0.829 bits per heavy atom. The Bertz CT molecular complexity index is 1270. The van der Waals surface area contributed by atoms with Gasteiger partial charge in [-0.05, 0) is 17.7 Å². The van der Waals surface area contributed by atoms with E-state index >= 15 is 0 Å².